The zero-order valence-electron chi connectivity index (χ0n) is 12.4. The largest absolute Gasteiger partial charge is 0.370 e. The lowest BCUT2D eigenvalue weighted by molar-refractivity contribution is 0.817. The van der Waals surface area contributed by atoms with Crippen molar-refractivity contribution in [2.75, 3.05) is 11.9 Å². The molecule has 0 aliphatic carbocycles. The summed E-state index contributed by atoms with van der Waals surface area (Å²) in [6.07, 6.45) is 0. The molecule has 2 aromatic rings. The van der Waals surface area contributed by atoms with Crippen molar-refractivity contribution in [1.29, 1.82) is 0 Å². The third-order valence-electron chi connectivity index (χ3n) is 3.13. The minimum atomic E-state index is 0.378. The van der Waals surface area contributed by atoms with E-state index in [0.717, 1.165) is 33.9 Å². The van der Waals surface area contributed by atoms with Crippen molar-refractivity contribution in [3.63, 3.8) is 0 Å². The Morgan fingerprint density at radius 1 is 1.20 bits per heavy atom. The molecule has 0 fully saturated rings. The van der Waals surface area contributed by atoms with E-state index in [4.69, 9.17) is 0 Å². The molecule has 0 saturated carbocycles. The zero-order chi connectivity index (χ0) is 14.7. The molecule has 0 unspecified atom stereocenters. The van der Waals surface area contributed by atoms with E-state index in [1.54, 1.807) is 0 Å². The number of rotatable bonds is 4. The number of anilines is 1. The number of aryl methyl sites for hydroxylation is 1. The topological polar surface area (TPSA) is 37.8 Å². The van der Waals surface area contributed by atoms with Crippen LogP contribution in [0.3, 0.4) is 0 Å². The van der Waals surface area contributed by atoms with E-state index in [0.29, 0.717) is 5.92 Å². The molecule has 1 aromatic heterocycles. The van der Waals surface area contributed by atoms with Crippen LogP contribution in [0.15, 0.2) is 28.7 Å². The Labute approximate surface area is 129 Å². The molecular formula is C16H20BrN3. The third kappa shape index (κ3) is 3.37. The van der Waals surface area contributed by atoms with Crippen LogP contribution in [0.25, 0.3) is 11.4 Å². The first-order valence-electron chi connectivity index (χ1n) is 6.90. The quantitative estimate of drug-likeness (QED) is 0.875. The standard InChI is InChI=1S/C16H20BrN3/c1-5-18-15-9-14(10(2)3)19-16(20-15)12-7-6-11(4)13(17)8-12/h6-10H,5H2,1-4H3,(H,18,19,20). The molecule has 1 N–H and O–H groups in total. The molecule has 0 saturated heterocycles. The first-order chi connectivity index (χ1) is 9.51. The van der Waals surface area contributed by atoms with Gasteiger partial charge in [-0.2, -0.15) is 0 Å². The van der Waals surface area contributed by atoms with E-state index >= 15 is 0 Å². The smallest absolute Gasteiger partial charge is 0.161 e. The second kappa shape index (κ2) is 6.35. The van der Waals surface area contributed by atoms with Gasteiger partial charge in [-0.25, -0.2) is 9.97 Å². The fraction of sp³-hybridized carbons (Fsp3) is 0.375. The highest BCUT2D eigenvalue weighted by Crippen LogP contribution is 2.26. The predicted molar refractivity (Wildman–Crippen MR) is 88.2 cm³/mol. The summed E-state index contributed by atoms with van der Waals surface area (Å²) in [5.41, 5.74) is 3.30. The van der Waals surface area contributed by atoms with Gasteiger partial charge in [0.15, 0.2) is 5.82 Å². The summed E-state index contributed by atoms with van der Waals surface area (Å²) in [6, 6.07) is 8.25. The number of nitrogens with zero attached hydrogens (tertiary/aromatic N) is 2. The molecule has 1 aromatic carbocycles. The molecule has 0 aliphatic heterocycles. The monoisotopic (exact) mass is 333 g/mol. The summed E-state index contributed by atoms with van der Waals surface area (Å²) in [5, 5.41) is 3.28. The van der Waals surface area contributed by atoms with Crippen molar-refractivity contribution < 1.29 is 0 Å². The predicted octanol–water partition coefficient (Wildman–Crippen LogP) is 4.77. The van der Waals surface area contributed by atoms with Gasteiger partial charge in [-0.1, -0.05) is 41.9 Å². The van der Waals surface area contributed by atoms with Crippen molar-refractivity contribution in [3.05, 3.63) is 40.0 Å². The highest BCUT2D eigenvalue weighted by Gasteiger charge is 2.10. The van der Waals surface area contributed by atoms with Crippen LogP contribution >= 0.6 is 15.9 Å². The Kier molecular flexibility index (Phi) is 4.76. The van der Waals surface area contributed by atoms with Crippen molar-refractivity contribution in [2.24, 2.45) is 0 Å². The maximum atomic E-state index is 4.68. The molecule has 0 aliphatic rings. The average molecular weight is 334 g/mol. The van der Waals surface area contributed by atoms with Gasteiger partial charge < -0.3 is 5.32 Å². The van der Waals surface area contributed by atoms with Gasteiger partial charge in [-0.3, -0.25) is 0 Å². The summed E-state index contributed by atoms with van der Waals surface area (Å²) in [4.78, 5) is 9.29. The van der Waals surface area contributed by atoms with Crippen molar-refractivity contribution in [3.8, 4) is 11.4 Å². The molecule has 4 heteroatoms. The van der Waals surface area contributed by atoms with E-state index in [1.165, 1.54) is 5.56 Å². The van der Waals surface area contributed by atoms with Crippen LogP contribution in [0.5, 0.6) is 0 Å². The molecule has 20 heavy (non-hydrogen) atoms. The minimum absolute atomic E-state index is 0.378. The Morgan fingerprint density at radius 3 is 2.55 bits per heavy atom. The molecule has 0 bridgehead atoms. The average Bonchev–Trinajstić information content (AvgIpc) is 2.42. The van der Waals surface area contributed by atoms with Crippen LogP contribution in [0.2, 0.25) is 0 Å². The molecule has 3 nitrogen and oxygen atoms in total. The molecule has 0 spiro atoms. The summed E-state index contributed by atoms with van der Waals surface area (Å²) in [6.45, 7) is 9.29. The molecule has 1 heterocycles. The first-order valence-corrected chi connectivity index (χ1v) is 7.70. The van der Waals surface area contributed by atoms with E-state index in [-0.39, 0.29) is 0 Å². The van der Waals surface area contributed by atoms with Gasteiger partial charge >= 0.3 is 0 Å². The zero-order valence-corrected chi connectivity index (χ0v) is 14.0. The Bertz CT molecular complexity index is 609. The van der Waals surface area contributed by atoms with Gasteiger partial charge in [-0.05, 0) is 31.4 Å². The summed E-state index contributed by atoms with van der Waals surface area (Å²) in [7, 11) is 0. The van der Waals surface area contributed by atoms with E-state index in [9.17, 15) is 0 Å². The Balaban J connectivity index is 2.51. The van der Waals surface area contributed by atoms with Crippen LogP contribution in [0.4, 0.5) is 5.82 Å². The lowest BCUT2D eigenvalue weighted by Gasteiger charge is -2.11. The third-order valence-corrected chi connectivity index (χ3v) is 3.98. The highest BCUT2D eigenvalue weighted by molar-refractivity contribution is 9.10. The van der Waals surface area contributed by atoms with Gasteiger partial charge in [0.05, 0.1) is 0 Å². The Morgan fingerprint density at radius 2 is 1.95 bits per heavy atom. The normalized spacial score (nSPS) is 10.9. The van der Waals surface area contributed by atoms with Crippen molar-refractivity contribution in [2.45, 2.75) is 33.6 Å². The summed E-state index contributed by atoms with van der Waals surface area (Å²) < 4.78 is 1.08. The van der Waals surface area contributed by atoms with Gasteiger partial charge in [0, 0.05) is 28.3 Å². The van der Waals surface area contributed by atoms with E-state index < -0.39 is 0 Å². The van der Waals surface area contributed by atoms with Gasteiger partial charge in [0.2, 0.25) is 0 Å². The number of aromatic nitrogens is 2. The number of benzene rings is 1. The van der Waals surface area contributed by atoms with Crippen molar-refractivity contribution >= 4 is 21.7 Å². The molecule has 2 rings (SSSR count). The van der Waals surface area contributed by atoms with Crippen LogP contribution in [-0.2, 0) is 0 Å². The van der Waals surface area contributed by atoms with E-state index in [1.807, 2.05) is 6.07 Å². The minimum Gasteiger partial charge on any atom is -0.370 e. The number of hydrogen-bond donors (Lipinski definition) is 1. The SMILES string of the molecule is CCNc1cc(C(C)C)nc(-c2ccc(C)c(Br)c2)n1. The van der Waals surface area contributed by atoms with Crippen molar-refractivity contribution in [1.82, 2.24) is 9.97 Å². The second-order valence-corrected chi connectivity index (χ2v) is 6.00. The van der Waals surface area contributed by atoms with Crippen LogP contribution in [0, 0.1) is 6.92 Å². The highest BCUT2D eigenvalue weighted by atomic mass is 79.9. The molecule has 0 amide bonds. The van der Waals surface area contributed by atoms with Crippen LogP contribution < -0.4 is 5.32 Å². The van der Waals surface area contributed by atoms with Crippen LogP contribution in [-0.4, -0.2) is 16.5 Å². The maximum Gasteiger partial charge on any atom is 0.161 e. The molecule has 106 valence electrons. The first kappa shape index (κ1) is 15.0. The van der Waals surface area contributed by atoms with Gasteiger partial charge in [0.1, 0.15) is 5.82 Å². The molecule has 0 atom stereocenters. The molecular weight excluding hydrogens is 314 g/mol. The second-order valence-electron chi connectivity index (χ2n) is 5.15. The lowest BCUT2D eigenvalue weighted by Crippen LogP contribution is -2.05. The lowest BCUT2D eigenvalue weighted by atomic mass is 10.1. The summed E-state index contributed by atoms with van der Waals surface area (Å²) in [5.74, 6) is 2.04. The number of halogens is 1. The number of hydrogen-bond acceptors (Lipinski definition) is 3. The van der Waals surface area contributed by atoms with Gasteiger partial charge in [-0.15, -0.1) is 0 Å². The number of nitrogens with one attached hydrogen (secondary N) is 1. The van der Waals surface area contributed by atoms with Crippen LogP contribution in [0.1, 0.15) is 37.9 Å². The van der Waals surface area contributed by atoms with E-state index in [2.05, 4.69) is 77.1 Å². The van der Waals surface area contributed by atoms with Gasteiger partial charge in [0.25, 0.3) is 0 Å². The Hall–Kier alpha value is -1.42. The summed E-state index contributed by atoms with van der Waals surface area (Å²) >= 11 is 3.57. The fourth-order valence-electron chi connectivity index (χ4n) is 1.89. The maximum absolute atomic E-state index is 4.68. The fourth-order valence-corrected chi connectivity index (χ4v) is 2.27. The molecule has 0 radical (unpaired) electrons.